The molecule has 2 aromatic heterocycles. The molecule has 0 saturated carbocycles. The second-order valence-corrected chi connectivity index (χ2v) is 17.5. The van der Waals surface area contributed by atoms with Gasteiger partial charge >= 0.3 is 0 Å². The molecule has 0 bridgehead atoms. The maximum absolute atomic E-state index is 6.77. The minimum atomic E-state index is 0.882. The van der Waals surface area contributed by atoms with E-state index in [2.05, 4.69) is 241 Å². The van der Waals surface area contributed by atoms with Crippen LogP contribution in [-0.4, -0.2) is 4.57 Å². The molecule has 0 unspecified atom stereocenters. The summed E-state index contributed by atoms with van der Waals surface area (Å²) in [6.07, 6.45) is 0. The van der Waals surface area contributed by atoms with E-state index in [0.717, 1.165) is 33.2 Å². The fourth-order valence-corrected chi connectivity index (χ4v) is 11.2. The lowest BCUT2D eigenvalue weighted by Gasteiger charge is -2.18. The largest absolute Gasteiger partial charge is 0.456 e. The molecule has 2 heteroatoms. The zero-order chi connectivity index (χ0) is 43.3. The van der Waals surface area contributed by atoms with E-state index < -0.39 is 0 Å². The predicted molar refractivity (Wildman–Crippen MR) is 280 cm³/mol. The van der Waals surface area contributed by atoms with Crippen molar-refractivity contribution in [1.82, 2.24) is 4.57 Å². The second-order valence-electron chi connectivity index (χ2n) is 17.5. The van der Waals surface area contributed by atoms with E-state index in [1.807, 2.05) is 0 Å². The van der Waals surface area contributed by atoms with Crippen molar-refractivity contribution >= 4 is 86.8 Å². The minimum Gasteiger partial charge on any atom is -0.456 e. The Bertz CT molecular complexity index is 4160. The number of rotatable bonds is 5. The molecule has 0 spiro atoms. The van der Waals surface area contributed by atoms with Gasteiger partial charge in [0.25, 0.3) is 0 Å². The zero-order valence-corrected chi connectivity index (χ0v) is 35.9. The van der Waals surface area contributed by atoms with Crippen LogP contribution in [0.1, 0.15) is 0 Å². The number of furan rings is 1. The summed E-state index contributed by atoms with van der Waals surface area (Å²) in [7, 11) is 0. The van der Waals surface area contributed by atoms with Crippen molar-refractivity contribution < 1.29 is 4.42 Å². The van der Waals surface area contributed by atoms with Crippen LogP contribution in [0.4, 0.5) is 0 Å². The summed E-state index contributed by atoms with van der Waals surface area (Å²) in [5, 5.41) is 14.6. The Hall–Kier alpha value is -8.72. The molecule has 0 N–H and O–H groups in total. The Morgan fingerprint density at radius 2 is 0.621 bits per heavy atom. The van der Waals surface area contributed by atoms with E-state index in [0.29, 0.717) is 0 Å². The fraction of sp³-hybridized carbons (Fsp3) is 0. The number of aromatic nitrogens is 1. The van der Waals surface area contributed by atoms with E-state index in [-0.39, 0.29) is 0 Å². The van der Waals surface area contributed by atoms with Crippen molar-refractivity contribution in [2.75, 3.05) is 0 Å². The highest BCUT2D eigenvalue weighted by Gasteiger charge is 2.21. The Kier molecular flexibility index (Phi) is 8.02. The quantitative estimate of drug-likeness (QED) is 0.158. The lowest BCUT2D eigenvalue weighted by Crippen LogP contribution is -1.94. The van der Waals surface area contributed by atoms with Gasteiger partial charge in [-0.15, -0.1) is 0 Å². The molecule has 12 aromatic carbocycles. The van der Waals surface area contributed by atoms with E-state index >= 15 is 0 Å². The smallest absolute Gasteiger partial charge is 0.136 e. The maximum Gasteiger partial charge on any atom is 0.136 e. The van der Waals surface area contributed by atoms with Crippen LogP contribution in [0.2, 0.25) is 0 Å². The van der Waals surface area contributed by atoms with Gasteiger partial charge in [-0.05, 0) is 136 Å². The molecule has 0 aliphatic carbocycles. The third-order valence-electron chi connectivity index (χ3n) is 14.0. The normalized spacial score (nSPS) is 11.9. The molecule has 0 atom stereocenters. The standard InChI is InChI=1S/C64H39NO/c1-3-17-40(18-4-1)61-48-22-7-9-24-50(48)64(51-25-10-8-23-49(51)61)43-32-35-47-56-37-41(33-36-59(56)66-60(47)39-43)62-52-26-11-13-28-54(52)63(55-29-14-12-27-53(55)62)42-31-34-46-45-21-15-16-30-57(45)65(58(46)38-42)44-19-5-2-6-20-44/h1-39H. The molecule has 2 nitrogen and oxygen atoms in total. The second kappa shape index (κ2) is 14.4. The minimum absolute atomic E-state index is 0.882. The Morgan fingerprint density at radius 3 is 1.17 bits per heavy atom. The predicted octanol–water partition coefficient (Wildman–Crippen LogP) is 18.0. The van der Waals surface area contributed by atoms with Crippen LogP contribution in [0.3, 0.4) is 0 Å². The fourth-order valence-electron chi connectivity index (χ4n) is 11.2. The van der Waals surface area contributed by atoms with Crippen molar-refractivity contribution in [3.8, 4) is 50.2 Å². The Morgan fingerprint density at radius 1 is 0.227 bits per heavy atom. The van der Waals surface area contributed by atoms with Crippen molar-refractivity contribution in [1.29, 1.82) is 0 Å². The average Bonchev–Trinajstić information content (AvgIpc) is 3.92. The van der Waals surface area contributed by atoms with Crippen LogP contribution >= 0.6 is 0 Å². The van der Waals surface area contributed by atoms with Crippen LogP contribution < -0.4 is 0 Å². The van der Waals surface area contributed by atoms with Crippen molar-refractivity contribution in [3.05, 3.63) is 237 Å². The van der Waals surface area contributed by atoms with Gasteiger partial charge in [0, 0.05) is 27.2 Å². The van der Waals surface area contributed by atoms with Gasteiger partial charge in [0.05, 0.1) is 11.0 Å². The summed E-state index contributed by atoms with van der Waals surface area (Å²) in [6, 6.07) is 86.4. The summed E-state index contributed by atoms with van der Waals surface area (Å²) in [5.74, 6) is 0. The highest BCUT2D eigenvalue weighted by molar-refractivity contribution is 6.24. The molecule has 0 aliphatic rings. The first kappa shape index (κ1) is 36.7. The van der Waals surface area contributed by atoms with Crippen molar-refractivity contribution in [2.45, 2.75) is 0 Å². The van der Waals surface area contributed by atoms with Gasteiger partial charge in [-0.25, -0.2) is 0 Å². The number of para-hydroxylation sites is 2. The van der Waals surface area contributed by atoms with Gasteiger partial charge in [-0.3, -0.25) is 0 Å². The van der Waals surface area contributed by atoms with Gasteiger partial charge in [-0.1, -0.05) is 188 Å². The molecular formula is C64H39NO. The molecule has 14 aromatic rings. The van der Waals surface area contributed by atoms with E-state index in [4.69, 9.17) is 4.42 Å². The molecular weight excluding hydrogens is 799 g/mol. The van der Waals surface area contributed by atoms with Crippen LogP contribution in [0.25, 0.3) is 137 Å². The molecule has 306 valence electrons. The lowest BCUT2D eigenvalue weighted by atomic mass is 9.85. The number of benzene rings is 12. The molecule has 0 saturated heterocycles. The van der Waals surface area contributed by atoms with Gasteiger partial charge in [0.1, 0.15) is 11.2 Å². The third-order valence-corrected chi connectivity index (χ3v) is 14.0. The number of hydrogen-bond donors (Lipinski definition) is 0. The molecule has 0 radical (unpaired) electrons. The van der Waals surface area contributed by atoms with Gasteiger partial charge < -0.3 is 8.98 Å². The first-order valence-electron chi connectivity index (χ1n) is 22.8. The highest BCUT2D eigenvalue weighted by Crippen LogP contribution is 2.48. The first-order chi connectivity index (χ1) is 32.8. The monoisotopic (exact) mass is 837 g/mol. The van der Waals surface area contributed by atoms with E-state index in [9.17, 15) is 0 Å². The molecule has 0 aliphatic heterocycles. The molecule has 66 heavy (non-hydrogen) atoms. The van der Waals surface area contributed by atoms with Gasteiger partial charge in [-0.2, -0.15) is 0 Å². The molecule has 2 heterocycles. The van der Waals surface area contributed by atoms with Gasteiger partial charge in [0.15, 0.2) is 0 Å². The Labute approximate surface area is 380 Å². The summed E-state index contributed by atoms with van der Waals surface area (Å²) < 4.78 is 9.18. The molecule has 0 fully saturated rings. The summed E-state index contributed by atoms with van der Waals surface area (Å²) in [6.45, 7) is 0. The zero-order valence-electron chi connectivity index (χ0n) is 35.9. The lowest BCUT2D eigenvalue weighted by molar-refractivity contribution is 0.669. The SMILES string of the molecule is c1ccc(-c2c3ccccc3c(-c3ccc4c(c3)oc3ccc(-c5c6ccccc6c(-c6ccc7c8ccccc8n(-c8ccccc8)c7c6)c6ccccc56)cc34)c3ccccc23)cc1. The highest BCUT2D eigenvalue weighted by atomic mass is 16.3. The number of hydrogen-bond acceptors (Lipinski definition) is 1. The third kappa shape index (κ3) is 5.42. The molecule has 0 amide bonds. The Balaban J connectivity index is 0.951. The van der Waals surface area contributed by atoms with Crippen LogP contribution in [0, 0.1) is 0 Å². The summed E-state index contributed by atoms with van der Waals surface area (Å²) in [4.78, 5) is 0. The van der Waals surface area contributed by atoms with Gasteiger partial charge in [0.2, 0.25) is 0 Å². The number of fused-ring (bicyclic) bond motifs is 10. The van der Waals surface area contributed by atoms with E-state index in [1.165, 1.54) is 104 Å². The van der Waals surface area contributed by atoms with Crippen LogP contribution in [0.15, 0.2) is 241 Å². The molecule has 14 rings (SSSR count). The van der Waals surface area contributed by atoms with Crippen LogP contribution in [0.5, 0.6) is 0 Å². The van der Waals surface area contributed by atoms with Crippen molar-refractivity contribution in [2.24, 2.45) is 0 Å². The van der Waals surface area contributed by atoms with Crippen LogP contribution in [-0.2, 0) is 0 Å². The summed E-state index contributed by atoms with van der Waals surface area (Å²) >= 11 is 0. The van der Waals surface area contributed by atoms with E-state index in [1.54, 1.807) is 0 Å². The van der Waals surface area contributed by atoms with Crippen molar-refractivity contribution in [3.63, 3.8) is 0 Å². The topological polar surface area (TPSA) is 18.1 Å². The first-order valence-corrected chi connectivity index (χ1v) is 22.8. The maximum atomic E-state index is 6.77. The number of nitrogens with zero attached hydrogens (tertiary/aromatic N) is 1. The summed E-state index contributed by atoms with van der Waals surface area (Å²) in [5.41, 5.74) is 15.0. The average molecular weight is 838 g/mol.